The summed E-state index contributed by atoms with van der Waals surface area (Å²) in [6.07, 6.45) is 0.611. The molecule has 16 heavy (non-hydrogen) atoms. The zero-order chi connectivity index (χ0) is 11.8. The highest BCUT2D eigenvalue weighted by atomic mass is 15.1. The van der Waals surface area contributed by atoms with Gasteiger partial charge in [0.15, 0.2) is 0 Å². The molecule has 0 heterocycles. The van der Waals surface area contributed by atoms with Crippen molar-refractivity contribution in [3.63, 3.8) is 0 Å². The molecule has 0 bridgehead atoms. The zero-order valence-electron chi connectivity index (χ0n) is 10.2. The van der Waals surface area contributed by atoms with Crippen LogP contribution in [0, 0.1) is 17.2 Å². The number of hydrogen-bond donors (Lipinski definition) is 0. The van der Waals surface area contributed by atoms with Crippen molar-refractivity contribution in [1.29, 1.82) is 5.26 Å². The van der Waals surface area contributed by atoms with Gasteiger partial charge in [0.05, 0.1) is 6.07 Å². The molecule has 0 aromatic heterocycles. The molecule has 0 aliphatic heterocycles. The number of rotatable bonds is 6. The molecule has 2 heteroatoms. The minimum atomic E-state index is 0.611. The highest BCUT2D eigenvalue weighted by Gasteiger charge is 2.07. The number of nitriles is 1. The van der Waals surface area contributed by atoms with Crippen molar-refractivity contribution in [3.8, 4) is 6.07 Å². The fraction of sp³-hybridized carbons (Fsp3) is 0.500. The Kier molecular flexibility index (Phi) is 5.60. The predicted octanol–water partition coefficient (Wildman–Crippen LogP) is 3.06. The largest absolute Gasteiger partial charge is 0.298 e. The predicted molar refractivity (Wildman–Crippen MR) is 66.8 cm³/mol. The van der Waals surface area contributed by atoms with Gasteiger partial charge in [0, 0.05) is 26.1 Å². The lowest BCUT2D eigenvalue weighted by atomic mass is 10.1. The minimum absolute atomic E-state index is 0.611. The van der Waals surface area contributed by atoms with Gasteiger partial charge < -0.3 is 0 Å². The third-order valence-electron chi connectivity index (χ3n) is 2.41. The van der Waals surface area contributed by atoms with E-state index in [-0.39, 0.29) is 0 Å². The molecule has 1 rings (SSSR count). The van der Waals surface area contributed by atoms with Gasteiger partial charge in [-0.15, -0.1) is 0 Å². The first-order chi connectivity index (χ1) is 7.72. The van der Waals surface area contributed by atoms with Gasteiger partial charge in [-0.1, -0.05) is 44.2 Å². The second-order valence-electron chi connectivity index (χ2n) is 4.52. The molecule has 0 N–H and O–H groups in total. The lowest BCUT2D eigenvalue weighted by molar-refractivity contribution is 0.241. The third-order valence-corrected chi connectivity index (χ3v) is 2.41. The van der Waals surface area contributed by atoms with Gasteiger partial charge in [-0.05, 0) is 11.5 Å². The minimum Gasteiger partial charge on any atom is -0.298 e. The van der Waals surface area contributed by atoms with Gasteiger partial charge in [-0.2, -0.15) is 5.26 Å². The van der Waals surface area contributed by atoms with Crippen LogP contribution in [0.5, 0.6) is 0 Å². The summed E-state index contributed by atoms with van der Waals surface area (Å²) in [5.41, 5.74) is 1.32. The van der Waals surface area contributed by atoms with Crippen LogP contribution in [0.1, 0.15) is 25.8 Å². The Morgan fingerprint density at radius 2 is 1.94 bits per heavy atom. The van der Waals surface area contributed by atoms with E-state index in [1.807, 2.05) is 6.07 Å². The molecule has 0 fully saturated rings. The molecule has 0 aliphatic rings. The molecular weight excluding hydrogens is 196 g/mol. The Morgan fingerprint density at radius 3 is 2.50 bits per heavy atom. The van der Waals surface area contributed by atoms with Crippen LogP contribution in [0.25, 0.3) is 0 Å². The second kappa shape index (κ2) is 7.03. The molecule has 1 aromatic carbocycles. The summed E-state index contributed by atoms with van der Waals surface area (Å²) in [5.74, 6) is 0.641. The topological polar surface area (TPSA) is 27.0 Å². The van der Waals surface area contributed by atoms with Gasteiger partial charge in [0.2, 0.25) is 0 Å². The van der Waals surface area contributed by atoms with Crippen LogP contribution in [0.2, 0.25) is 0 Å². The monoisotopic (exact) mass is 216 g/mol. The fourth-order valence-corrected chi connectivity index (χ4v) is 1.80. The Hall–Kier alpha value is -1.33. The normalized spacial score (nSPS) is 10.7. The summed E-state index contributed by atoms with van der Waals surface area (Å²) in [5, 5.41) is 8.64. The van der Waals surface area contributed by atoms with Crippen molar-refractivity contribution in [2.75, 3.05) is 13.1 Å². The van der Waals surface area contributed by atoms with E-state index in [2.05, 4.69) is 49.1 Å². The van der Waals surface area contributed by atoms with Crippen molar-refractivity contribution >= 4 is 0 Å². The summed E-state index contributed by atoms with van der Waals surface area (Å²) >= 11 is 0. The first-order valence-electron chi connectivity index (χ1n) is 5.85. The average Bonchev–Trinajstić information content (AvgIpc) is 2.26. The van der Waals surface area contributed by atoms with Crippen molar-refractivity contribution in [2.45, 2.75) is 26.8 Å². The van der Waals surface area contributed by atoms with Crippen molar-refractivity contribution in [1.82, 2.24) is 4.90 Å². The summed E-state index contributed by atoms with van der Waals surface area (Å²) in [7, 11) is 0. The van der Waals surface area contributed by atoms with E-state index in [9.17, 15) is 0 Å². The van der Waals surface area contributed by atoms with Gasteiger partial charge >= 0.3 is 0 Å². The summed E-state index contributed by atoms with van der Waals surface area (Å²) in [6.45, 7) is 7.29. The number of benzene rings is 1. The highest BCUT2D eigenvalue weighted by molar-refractivity contribution is 5.14. The Bertz CT molecular complexity index is 324. The van der Waals surface area contributed by atoms with Crippen LogP contribution >= 0.6 is 0 Å². The molecule has 0 amide bonds. The van der Waals surface area contributed by atoms with Crippen LogP contribution in [0.3, 0.4) is 0 Å². The molecule has 1 aromatic rings. The maximum atomic E-state index is 8.64. The van der Waals surface area contributed by atoms with Crippen LogP contribution in [-0.2, 0) is 6.54 Å². The first kappa shape index (κ1) is 12.7. The molecule has 0 aliphatic carbocycles. The molecule has 0 radical (unpaired) electrons. The molecule has 0 saturated heterocycles. The molecule has 86 valence electrons. The van der Waals surface area contributed by atoms with E-state index in [4.69, 9.17) is 5.26 Å². The lowest BCUT2D eigenvalue weighted by Gasteiger charge is -2.23. The smallest absolute Gasteiger partial charge is 0.0635 e. The van der Waals surface area contributed by atoms with Gasteiger partial charge in [0.1, 0.15) is 0 Å². The number of hydrogen-bond acceptors (Lipinski definition) is 2. The van der Waals surface area contributed by atoms with E-state index >= 15 is 0 Å². The first-order valence-corrected chi connectivity index (χ1v) is 5.85. The van der Waals surface area contributed by atoms with E-state index in [0.29, 0.717) is 12.3 Å². The maximum Gasteiger partial charge on any atom is 0.0635 e. The van der Waals surface area contributed by atoms with Gasteiger partial charge in [-0.25, -0.2) is 0 Å². The molecule has 0 atom stereocenters. The van der Waals surface area contributed by atoms with Crippen molar-refractivity contribution in [2.24, 2.45) is 5.92 Å². The number of nitrogens with zero attached hydrogens (tertiary/aromatic N) is 2. The molecular formula is C14H20N2. The van der Waals surface area contributed by atoms with Crippen LogP contribution in [0.4, 0.5) is 0 Å². The highest BCUT2D eigenvalue weighted by Crippen LogP contribution is 2.07. The summed E-state index contributed by atoms with van der Waals surface area (Å²) < 4.78 is 0. The van der Waals surface area contributed by atoms with E-state index < -0.39 is 0 Å². The van der Waals surface area contributed by atoms with E-state index in [0.717, 1.165) is 19.6 Å². The van der Waals surface area contributed by atoms with Crippen molar-refractivity contribution < 1.29 is 0 Å². The van der Waals surface area contributed by atoms with E-state index in [1.54, 1.807) is 0 Å². The van der Waals surface area contributed by atoms with Gasteiger partial charge in [0.25, 0.3) is 0 Å². The Morgan fingerprint density at radius 1 is 1.25 bits per heavy atom. The standard InChI is InChI=1S/C14H20N2/c1-13(2)11-16(10-6-9-15)12-14-7-4-3-5-8-14/h3-5,7-8,13H,6,10-12H2,1-2H3. The molecule has 0 unspecified atom stereocenters. The summed E-state index contributed by atoms with van der Waals surface area (Å²) in [4.78, 5) is 2.35. The SMILES string of the molecule is CC(C)CN(CCC#N)Cc1ccccc1. The average molecular weight is 216 g/mol. The van der Waals surface area contributed by atoms with Crippen molar-refractivity contribution in [3.05, 3.63) is 35.9 Å². The lowest BCUT2D eigenvalue weighted by Crippen LogP contribution is -2.28. The van der Waals surface area contributed by atoms with Crippen LogP contribution in [-0.4, -0.2) is 18.0 Å². The molecule has 0 spiro atoms. The quantitative estimate of drug-likeness (QED) is 0.730. The third kappa shape index (κ3) is 4.95. The van der Waals surface area contributed by atoms with E-state index in [1.165, 1.54) is 5.56 Å². The maximum absolute atomic E-state index is 8.64. The fourth-order valence-electron chi connectivity index (χ4n) is 1.80. The molecule has 0 saturated carbocycles. The van der Waals surface area contributed by atoms with Gasteiger partial charge in [-0.3, -0.25) is 4.90 Å². The van der Waals surface area contributed by atoms with Crippen LogP contribution < -0.4 is 0 Å². The zero-order valence-corrected chi connectivity index (χ0v) is 10.2. The Labute approximate surface area is 98.5 Å². The van der Waals surface area contributed by atoms with Crippen LogP contribution in [0.15, 0.2) is 30.3 Å². The second-order valence-corrected chi connectivity index (χ2v) is 4.52. The summed E-state index contributed by atoms with van der Waals surface area (Å²) in [6, 6.07) is 12.7. The molecule has 2 nitrogen and oxygen atoms in total. The Balaban J connectivity index is 2.53.